The molecule has 2 nitrogen and oxygen atoms in total. The van der Waals surface area contributed by atoms with Crippen LogP contribution < -0.4 is 5.32 Å². The predicted octanol–water partition coefficient (Wildman–Crippen LogP) is 3.74. The zero-order chi connectivity index (χ0) is 12.5. The van der Waals surface area contributed by atoms with Gasteiger partial charge in [0.25, 0.3) is 0 Å². The van der Waals surface area contributed by atoms with Crippen molar-refractivity contribution in [3.8, 4) is 0 Å². The maximum atomic E-state index is 7.88. The zero-order valence-electron chi connectivity index (χ0n) is 11.7. The van der Waals surface area contributed by atoms with E-state index in [1.807, 2.05) is 6.92 Å². The normalized spacial score (nSPS) is 9.75. The van der Waals surface area contributed by atoms with Gasteiger partial charge in [-0.15, -0.1) is 0 Å². The van der Waals surface area contributed by atoms with Gasteiger partial charge in [-0.2, -0.15) is 0 Å². The van der Waals surface area contributed by atoms with E-state index in [1.54, 1.807) is 0 Å². The molecular weight excluding hydrogens is 198 g/mol. The van der Waals surface area contributed by atoms with E-state index in [4.69, 9.17) is 5.11 Å². The fourth-order valence-electron chi connectivity index (χ4n) is 1.38. The van der Waals surface area contributed by atoms with Gasteiger partial charge in [-0.3, -0.25) is 0 Å². The molecule has 0 amide bonds. The molecule has 0 bridgehead atoms. The van der Waals surface area contributed by atoms with Gasteiger partial charge in [0.1, 0.15) is 0 Å². The molecular formula is C14H33NO. The molecule has 0 aromatic rings. The van der Waals surface area contributed by atoms with Crippen molar-refractivity contribution < 1.29 is 5.11 Å². The summed E-state index contributed by atoms with van der Waals surface area (Å²) in [6, 6.07) is 0. The molecule has 0 aliphatic heterocycles. The van der Waals surface area contributed by atoms with E-state index in [0.29, 0.717) is 6.61 Å². The van der Waals surface area contributed by atoms with E-state index in [9.17, 15) is 0 Å². The Bertz CT molecular complexity index is 84.7. The molecule has 0 spiro atoms. The molecule has 0 aliphatic carbocycles. The minimum atomic E-state index is 0.319. The van der Waals surface area contributed by atoms with E-state index in [-0.39, 0.29) is 0 Å². The van der Waals surface area contributed by atoms with Crippen LogP contribution in [-0.2, 0) is 0 Å². The van der Waals surface area contributed by atoms with Crippen molar-refractivity contribution in [2.24, 2.45) is 0 Å². The molecule has 0 aliphatic rings. The lowest BCUT2D eigenvalue weighted by Gasteiger charge is -2.01. The Morgan fingerprint density at radius 2 is 1.25 bits per heavy atom. The number of aliphatic hydroxyl groups is 1. The first-order valence-corrected chi connectivity index (χ1v) is 7.14. The third-order valence-electron chi connectivity index (χ3n) is 2.43. The maximum absolute atomic E-state index is 7.88. The molecule has 0 aromatic carbocycles. The molecule has 0 aromatic heterocycles. The van der Waals surface area contributed by atoms with Gasteiger partial charge < -0.3 is 10.4 Å². The van der Waals surface area contributed by atoms with Crippen molar-refractivity contribution >= 4 is 0 Å². The highest BCUT2D eigenvalue weighted by atomic mass is 16.2. The first-order chi connectivity index (χ1) is 7.83. The summed E-state index contributed by atoms with van der Waals surface area (Å²) in [4.78, 5) is 0. The summed E-state index contributed by atoms with van der Waals surface area (Å²) < 4.78 is 0. The Morgan fingerprint density at radius 1 is 0.750 bits per heavy atom. The third kappa shape index (κ3) is 23.6. The minimum Gasteiger partial charge on any atom is -0.396 e. The molecule has 0 atom stereocenters. The Kier molecular flexibility index (Phi) is 23.3. The van der Waals surface area contributed by atoms with Gasteiger partial charge in [0, 0.05) is 6.61 Å². The highest BCUT2D eigenvalue weighted by Crippen LogP contribution is 2.05. The minimum absolute atomic E-state index is 0.319. The van der Waals surface area contributed by atoms with Crippen LogP contribution in [0.5, 0.6) is 0 Å². The third-order valence-corrected chi connectivity index (χ3v) is 2.43. The molecule has 0 rings (SSSR count). The SMILES string of the molecule is CCCCCCCCCNCC.CCCO. The van der Waals surface area contributed by atoms with Crippen LogP contribution in [0, 0.1) is 0 Å². The quantitative estimate of drug-likeness (QED) is 0.561. The van der Waals surface area contributed by atoms with Crippen LogP contribution in [0.25, 0.3) is 0 Å². The Morgan fingerprint density at radius 3 is 1.69 bits per heavy atom. The lowest BCUT2D eigenvalue weighted by molar-refractivity contribution is 0.295. The van der Waals surface area contributed by atoms with Gasteiger partial charge in [-0.1, -0.05) is 59.3 Å². The van der Waals surface area contributed by atoms with Crippen molar-refractivity contribution in [1.82, 2.24) is 5.32 Å². The highest BCUT2D eigenvalue weighted by Gasteiger charge is 1.89. The second-order valence-corrected chi connectivity index (χ2v) is 4.20. The molecule has 0 fully saturated rings. The second-order valence-electron chi connectivity index (χ2n) is 4.20. The summed E-state index contributed by atoms with van der Waals surface area (Å²) in [5.74, 6) is 0. The summed E-state index contributed by atoms with van der Waals surface area (Å²) >= 11 is 0. The van der Waals surface area contributed by atoms with Gasteiger partial charge >= 0.3 is 0 Å². The lowest BCUT2D eigenvalue weighted by atomic mass is 10.1. The van der Waals surface area contributed by atoms with Crippen molar-refractivity contribution in [2.75, 3.05) is 19.7 Å². The lowest BCUT2D eigenvalue weighted by Crippen LogP contribution is -2.13. The summed E-state index contributed by atoms with van der Waals surface area (Å²) in [6.45, 7) is 9.02. The number of hydrogen-bond acceptors (Lipinski definition) is 2. The maximum Gasteiger partial charge on any atom is 0.0428 e. The first-order valence-electron chi connectivity index (χ1n) is 7.14. The monoisotopic (exact) mass is 231 g/mol. The topological polar surface area (TPSA) is 32.3 Å². The Labute approximate surface area is 103 Å². The van der Waals surface area contributed by atoms with Crippen LogP contribution in [0.15, 0.2) is 0 Å². The second kappa shape index (κ2) is 20.3. The molecule has 100 valence electrons. The number of nitrogens with one attached hydrogen (secondary N) is 1. The average Bonchev–Trinajstić information content (AvgIpc) is 2.33. The van der Waals surface area contributed by atoms with E-state index in [1.165, 1.54) is 51.5 Å². The Balaban J connectivity index is 0. The molecule has 0 radical (unpaired) electrons. The van der Waals surface area contributed by atoms with Crippen LogP contribution in [0.2, 0.25) is 0 Å². The van der Waals surface area contributed by atoms with Crippen LogP contribution >= 0.6 is 0 Å². The van der Waals surface area contributed by atoms with Crippen LogP contribution in [0.1, 0.15) is 72.1 Å². The largest absolute Gasteiger partial charge is 0.396 e. The first kappa shape index (κ1) is 18.3. The van der Waals surface area contributed by atoms with Crippen LogP contribution in [-0.4, -0.2) is 24.8 Å². The van der Waals surface area contributed by atoms with Gasteiger partial charge in [-0.05, 0) is 25.9 Å². The summed E-state index contributed by atoms with van der Waals surface area (Å²) in [5, 5.41) is 11.2. The smallest absolute Gasteiger partial charge is 0.0428 e. The number of hydrogen-bond donors (Lipinski definition) is 2. The highest BCUT2D eigenvalue weighted by molar-refractivity contribution is 4.47. The molecule has 2 heteroatoms. The van der Waals surface area contributed by atoms with Crippen LogP contribution in [0.4, 0.5) is 0 Å². The van der Waals surface area contributed by atoms with E-state index < -0.39 is 0 Å². The van der Waals surface area contributed by atoms with E-state index in [0.717, 1.165) is 13.0 Å². The van der Waals surface area contributed by atoms with Crippen molar-refractivity contribution in [2.45, 2.75) is 72.1 Å². The molecule has 0 saturated heterocycles. The molecule has 0 heterocycles. The summed E-state index contributed by atoms with van der Waals surface area (Å²) in [7, 11) is 0. The van der Waals surface area contributed by atoms with Crippen molar-refractivity contribution in [3.05, 3.63) is 0 Å². The van der Waals surface area contributed by atoms with E-state index in [2.05, 4.69) is 19.2 Å². The number of unbranched alkanes of at least 4 members (excludes halogenated alkanes) is 6. The molecule has 0 saturated carbocycles. The van der Waals surface area contributed by atoms with Gasteiger partial charge in [0.15, 0.2) is 0 Å². The fraction of sp³-hybridized carbons (Fsp3) is 1.00. The van der Waals surface area contributed by atoms with Crippen LogP contribution in [0.3, 0.4) is 0 Å². The zero-order valence-corrected chi connectivity index (χ0v) is 11.7. The van der Waals surface area contributed by atoms with E-state index >= 15 is 0 Å². The van der Waals surface area contributed by atoms with Crippen molar-refractivity contribution in [3.63, 3.8) is 0 Å². The summed E-state index contributed by atoms with van der Waals surface area (Å²) in [5.41, 5.74) is 0. The van der Waals surface area contributed by atoms with Gasteiger partial charge in [-0.25, -0.2) is 0 Å². The predicted molar refractivity (Wildman–Crippen MR) is 73.9 cm³/mol. The number of rotatable bonds is 10. The van der Waals surface area contributed by atoms with Gasteiger partial charge in [0.2, 0.25) is 0 Å². The Hall–Kier alpha value is -0.0800. The standard InChI is InChI=1S/C11H25N.C3H8O/c1-3-5-6-7-8-9-10-11-12-4-2;1-2-3-4/h12H,3-11H2,1-2H3;4H,2-3H2,1H3. The number of aliphatic hydroxyl groups excluding tert-OH is 1. The molecule has 0 unspecified atom stereocenters. The fourth-order valence-corrected chi connectivity index (χ4v) is 1.38. The molecule has 2 N–H and O–H groups in total. The van der Waals surface area contributed by atoms with Gasteiger partial charge in [0.05, 0.1) is 0 Å². The van der Waals surface area contributed by atoms with Crippen molar-refractivity contribution in [1.29, 1.82) is 0 Å². The molecule has 16 heavy (non-hydrogen) atoms. The average molecular weight is 231 g/mol. The summed E-state index contributed by atoms with van der Waals surface area (Å²) in [6.07, 6.45) is 10.8.